The fraction of sp³-hybridized carbons (Fsp3) is 0.429. The van der Waals surface area contributed by atoms with E-state index in [0.29, 0.717) is 28.0 Å². The number of hydrogen-bond acceptors (Lipinski definition) is 5. The average Bonchev–Trinajstić information content (AvgIpc) is 2.78. The van der Waals surface area contributed by atoms with Gasteiger partial charge in [-0.3, -0.25) is 4.21 Å². The summed E-state index contributed by atoms with van der Waals surface area (Å²) in [6.07, 6.45) is 0. The minimum atomic E-state index is -1.22. The standard InChI is InChI=1S/C14H19N3O3S/c1-9-6-11(19-4)12(20-5)7-13(9)21(18)8-14-16-15-10(2)17(14)3/h6-7H,8H2,1-5H3/t21-/m1/s1. The first kappa shape index (κ1) is 15.5. The first-order chi connectivity index (χ1) is 9.97. The molecule has 1 atom stereocenters. The van der Waals surface area contributed by atoms with Crippen LogP contribution in [0.2, 0.25) is 0 Å². The van der Waals surface area contributed by atoms with Crippen LogP contribution in [0.5, 0.6) is 11.5 Å². The van der Waals surface area contributed by atoms with Gasteiger partial charge in [0.25, 0.3) is 0 Å². The van der Waals surface area contributed by atoms with Crippen molar-refractivity contribution in [2.75, 3.05) is 14.2 Å². The molecule has 6 nitrogen and oxygen atoms in total. The van der Waals surface area contributed by atoms with Gasteiger partial charge < -0.3 is 14.0 Å². The van der Waals surface area contributed by atoms with Gasteiger partial charge in [-0.15, -0.1) is 10.2 Å². The van der Waals surface area contributed by atoms with Crippen molar-refractivity contribution in [3.8, 4) is 11.5 Å². The van der Waals surface area contributed by atoms with Gasteiger partial charge in [-0.2, -0.15) is 0 Å². The Morgan fingerprint density at radius 1 is 1.14 bits per heavy atom. The fourth-order valence-electron chi connectivity index (χ4n) is 1.98. The molecular formula is C14H19N3O3S. The normalized spacial score (nSPS) is 12.2. The molecule has 0 amide bonds. The van der Waals surface area contributed by atoms with Gasteiger partial charge in [0, 0.05) is 18.0 Å². The Morgan fingerprint density at radius 2 is 1.76 bits per heavy atom. The van der Waals surface area contributed by atoms with Crippen molar-refractivity contribution in [1.82, 2.24) is 14.8 Å². The molecule has 0 unspecified atom stereocenters. The van der Waals surface area contributed by atoms with Crippen LogP contribution in [0.3, 0.4) is 0 Å². The maximum Gasteiger partial charge on any atom is 0.161 e. The molecule has 0 aliphatic rings. The van der Waals surface area contributed by atoms with Crippen LogP contribution in [-0.2, 0) is 23.6 Å². The molecule has 21 heavy (non-hydrogen) atoms. The Kier molecular flexibility index (Phi) is 4.62. The number of methoxy groups -OCH3 is 2. The van der Waals surface area contributed by atoms with Gasteiger partial charge >= 0.3 is 0 Å². The molecule has 2 aromatic rings. The third kappa shape index (κ3) is 3.07. The van der Waals surface area contributed by atoms with Crippen molar-refractivity contribution in [1.29, 1.82) is 0 Å². The third-order valence-corrected chi connectivity index (χ3v) is 4.82. The summed E-state index contributed by atoms with van der Waals surface area (Å²) >= 11 is 0. The summed E-state index contributed by atoms with van der Waals surface area (Å²) in [7, 11) is 3.78. The molecule has 1 heterocycles. The van der Waals surface area contributed by atoms with E-state index in [9.17, 15) is 4.21 Å². The Bertz CT molecular complexity index is 682. The summed E-state index contributed by atoms with van der Waals surface area (Å²) in [6, 6.07) is 3.58. The van der Waals surface area contributed by atoms with E-state index in [4.69, 9.17) is 9.47 Å². The fourth-order valence-corrected chi connectivity index (χ4v) is 3.28. The Labute approximate surface area is 126 Å². The van der Waals surface area contributed by atoms with Crippen LogP contribution in [0.1, 0.15) is 17.2 Å². The van der Waals surface area contributed by atoms with Gasteiger partial charge in [0.05, 0.1) is 30.8 Å². The number of rotatable bonds is 5. The van der Waals surface area contributed by atoms with E-state index < -0.39 is 10.8 Å². The highest BCUT2D eigenvalue weighted by atomic mass is 32.2. The van der Waals surface area contributed by atoms with E-state index in [1.165, 1.54) is 0 Å². The Hall–Kier alpha value is -1.89. The minimum Gasteiger partial charge on any atom is -0.493 e. The molecule has 114 valence electrons. The molecule has 0 saturated carbocycles. The van der Waals surface area contributed by atoms with Crippen LogP contribution < -0.4 is 9.47 Å². The van der Waals surface area contributed by atoms with E-state index in [0.717, 1.165) is 11.4 Å². The van der Waals surface area contributed by atoms with Crippen LogP contribution in [-0.4, -0.2) is 33.2 Å². The zero-order valence-electron chi connectivity index (χ0n) is 12.8. The summed E-state index contributed by atoms with van der Waals surface area (Å²) in [5.74, 6) is 3.00. The van der Waals surface area contributed by atoms with Crippen molar-refractivity contribution in [2.45, 2.75) is 24.5 Å². The smallest absolute Gasteiger partial charge is 0.161 e. The maximum atomic E-state index is 12.6. The highest BCUT2D eigenvalue weighted by Crippen LogP contribution is 2.32. The van der Waals surface area contributed by atoms with Crippen LogP contribution >= 0.6 is 0 Å². The quantitative estimate of drug-likeness (QED) is 0.842. The van der Waals surface area contributed by atoms with Gasteiger partial charge in [0.1, 0.15) is 11.6 Å². The molecule has 1 aromatic heterocycles. The van der Waals surface area contributed by atoms with Crippen molar-refractivity contribution < 1.29 is 13.7 Å². The molecule has 0 N–H and O–H groups in total. The molecular weight excluding hydrogens is 290 g/mol. The van der Waals surface area contributed by atoms with E-state index in [1.807, 2.05) is 31.5 Å². The molecule has 0 saturated heterocycles. The van der Waals surface area contributed by atoms with E-state index in [2.05, 4.69) is 10.2 Å². The lowest BCUT2D eigenvalue weighted by Gasteiger charge is -2.12. The molecule has 2 rings (SSSR count). The van der Waals surface area contributed by atoms with Gasteiger partial charge in [-0.05, 0) is 25.5 Å². The molecule has 0 bridgehead atoms. The second-order valence-electron chi connectivity index (χ2n) is 4.69. The predicted molar refractivity (Wildman–Crippen MR) is 80.1 cm³/mol. The van der Waals surface area contributed by atoms with Gasteiger partial charge in [0.15, 0.2) is 11.5 Å². The summed E-state index contributed by atoms with van der Waals surface area (Å²) in [6.45, 7) is 3.76. The van der Waals surface area contributed by atoms with Crippen LogP contribution in [0, 0.1) is 13.8 Å². The average molecular weight is 309 g/mol. The number of benzene rings is 1. The number of ether oxygens (including phenoxy) is 2. The van der Waals surface area contributed by atoms with Crippen molar-refractivity contribution in [3.05, 3.63) is 29.3 Å². The number of aryl methyl sites for hydroxylation is 2. The van der Waals surface area contributed by atoms with Crippen LogP contribution in [0.15, 0.2) is 17.0 Å². The molecule has 0 spiro atoms. The first-order valence-corrected chi connectivity index (χ1v) is 7.75. The highest BCUT2D eigenvalue weighted by Gasteiger charge is 2.16. The van der Waals surface area contributed by atoms with Crippen LogP contribution in [0.25, 0.3) is 0 Å². The van der Waals surface area contributed by atoms with E-state index in [1.54, 1.807) is 20.3 Å². The molecule has 0 aliphatic carbocycles. The first-order valence-electron chi connectivity index (χ1n) is 6.43. The Morgan fingerprint density at radius 3 is 2.29 bits per heavy atom. The largest absolute Gasteiger partial charge is 0.493 e. The van der Waals surface area contributed by atoms with Crippen molar-refractivity contribution >= 4 is 10.8 Å². The minimum absolute atomic E-state index is 0.313. The second kappa shape index (κ2) is 6.26. The van der Waals surface area contributed by atoms with Gasteiger partial charge in [-0.25, -0.2) is 0 Å². The van der Waals surface area contributed by atoms with E-state index >= 15 is 0 Å². The summed E-state index contributed by atoms with van der Waals surface area (Å²) < 4.78 is 24.9. The van der Waals surface area contributed by atoms with Crippen molar-refractivity contribution in [3.63, 3.8) is 0 Å². The lowest BCUT2D eigenvalue weighted by molar-refractivity contribution is 0.353. The zero-order valence-corrected chi connectivity index (χ0v) is 13.7. The van der Waals surface area contributed by atoms with Crippen molar-refractivity contribution in [2.24, 2.45) is 7.05 Å². The number of hydrogen-bond donors (Lipinski definition) is 0. The zero-order chi connectivity index (χ0) is 15.6. The topological polar surface area (TPSA) is 66.2 Å². The second-order valence-corrected chi connectivity index (χ2v) is 6.10. The highest BCUT2D eigenvalue weighted by molar-refractivity contribution is 7.84. The monoisotopic (exact) mass is 309 g/mol. The van der Waals surface area contributed by atoms with Gasteiger partial charge in [0.2, 0.25) is 0 Å². The molecule has 7 heteroatoms. The maximum absolute atomic E-state index is 12.6. The third-order valence-electron chi connectivity index (χ3n) is 3.37. The molecule has 1 aromatic carbocycles. The summed E-state index contributed by atoms with van der Waals surface area (Å²) in [4.78, 5) is 0.716. The number of nitrogens with zero attached hydrogens (tertiary/aromatic N) is 3. The van der Waals surface area contributed by atoms with Gasteiger partial charge in [-0.1, -0.05) is 0 Å². The Balaban J connectivity index is 2.33. The molecule has 0 radical (unpaired) electrons. The molecule has 0 aliphatic heterocycles. The lowest BCUT2D eigenvalue weighted by atomic mass is 10.2. The van der Waals surface area contributed by atoms with E-state index in [-0.39, 0.29) is 0 Å². The predicted octanol–water partition coefficient (Wildman–Crippen LogP) is 1.76. The number of aromatic nitrogens is 3. The summed E-state index contributed by atoms with van der Waals surface area (Å²) in [5, 5.41) is 8.03. The SMILES string of the molecule is COc1cc(C)c([S@](=O)Cc2nnc(C)n2C)cc1OC. The molecule has 0 fully saturated rings. The lowest BCUT2D eigenvalue weighted by Crippen LogP contribution is -2.06. The van der Waals surface area contributed by atoms with Crippen LogP contribution in [0.4, 0.5) is 0 Å². The summed E-state index contributed by atoms with van der Waals surface area (Å²) in [5.41, 5.74) is 0.893.